The lowest BCUT2D eigenvalue weighted by molar-refractivity contribution is -0.137. The van der Waals surface area contributed by atoms with Crippen molar-refractivity contribution in [2.45, 2.75) is 13.1 Å². The van der Waals surface area contributed by atoms with Gasteiger partial charge in [0.1, 0.15) is 0 Å². The van der Waals surface area contributed by atoms with Crippen molar-refractivity contribution < 1.29 is 13.2 Å². The van der Waals surface area contributed by atoms with E-state index >= 15 is 0 Å². The summed E-state index contributed by atoms with van der Waals surface area (Å²) in [7, 11) is 0. The van der Waals surface area contributed by atoms with Gasteiger partial charge in [-0.3, -0.25) is 4.79 Å². The van der Waals surface area contributed by atoms with Crippen LogP contribution >= 0.6 is 0 Å². The predicted octanol–water partition coefficient (Wildman–Crippen LogP) is 2.76. The average Bonchev–Trinajstić information content (AvgIpc) is 2.32. The SMILES string of the molecule is Cc1cc(-c2cccc(C(F)(F)F)c2)n[nH]c1=O. The van der Waals surface area contributed by atoms with Crippen LogP contribution in [-0.2, 0) is 6.18 Å². The number of halogens is 3. The minimum Gasteiger partial charge on any atom is -0.268 e. The van der Waals surface area contributed by atoms with Crippen LogP contribution < -0.4 is 5.56 Å². The summed E-state index contributed by atoms with van der Waals surface area (Å²) in [4.78, 5) is 11.1. The summed E-state index contributed by atoms with van der Waals surface area (Å²) in [6.07, 6.45) is -4.40. The van der Waals surface area contributed by atoms with Gasteiger partial charge in [-0.1, -0.05) is 12.1 Å². The smallest absolute Gasteiger partial charge is 0.268 e. The maximum absolute atomic E-state index is 12.5. The van der Waals surface area contributed by atoms with E-state index in [1.54, 1.807) is 6.92 Å². The topological polar surface area (TPSA) is 45.8 Å². The van der Waals surface area contributed by atoms with Gasteiger partial charge in [0.25, 0.3) is 5.56 Å². The number of hydrogen-bond donors (Lipinski definition) is 1. The fourth-order valence-corrected chi connectivity index (χ4v) is 1.50. The number of aryl methyl sites for hydroxylation is 1. The zero-order valence-corrected chi connectivity index (χ0v) is 9.38. The molecule has 2 rings (SSSR count). The quantitative estimate of drug-likeness (QED) is 0.850. The summed E-state index contributed by atoms with van der Waals surface area (Å²) in [6.45, 7) is 1.57. The van der Waals surface area contributed by atoms with Crippen molar-refractivity contribution in [3.8, 4) is 11.3 Å². The number of benzene rings is 1. The Hall–Kier alpha value is -2.11. The first kappa shape index (κ1) is 12.3. The summed E-state index contributed by atoms with van der Waals surface area (Å²) in [6, 6.07) is 6.26. The number of nitrogens with zero attached hydrogens (tertiary/aromatic N) is 1. The summed E-state index contributed by atoms with van der Waals surface area (Å²) >= 11 is 0. The van der Waals surface area contributed by atoms with E-state index < -0.39 is 11.7 Å². The van der Waals surface area contributed by atoms with Crippen LogP contribution in [0.15, 0.2) is 35.1 Å². The predicted molar refractivity (Wildman–Crippen MR) is 60.0 cm³/mol. The molecule has 94 valence electrons. The highest BCUT2D eigenvalue weighted by molar-refractivity contribution is 5.60. The van der Waals surface area contributed by atoms with Gasteiger partial charge in [0.05, 0.1) is 11.3 Å². The van der Waals surface area contributed by atoms with E-state index in [4.69, 9.17) is 0 Å². The lowest BCUT2D eigenvalue weighted by atomic mass is 10.1. The number of H-pyrrole nitrogens is 1. The highest BCUT2D eigenvalue weighted by atomic mass is 19.4. The fourth-order valence-electron chi connectivity index (χ4n) is 1.50. The first-order chi connectivity index (χ1) is 8.38. The van der Waals surface area contributed by atoms with E-state index in [2.05, 4.69) is 10.2 Å². The van der Waals surface area contributed by atoms with Crippen LogP contribution in [0.3, 0.4) is 0 Å². The lowest BCUT2D eigenvalue weighted by Gasteiger charge is -2.08. The molecule has 0 amide bonds. The minimum absolute atomic E-state index is 0.304. The molecule has 1 aromatic heterocycles. The van der Waals surface area contributed by atoms with E-state index in [-0.39, 0.29) is 5.56 Å². The largest absolute Gasteiger partial charge is 0.416 e. The average molecular weight is 254 g/mol. The van der Waals surface area contributed by atoms with Gasteiger partial charge >= 0.3 is 6.18 Å². The van der Waals surface area contributed by atoms with Crippen molar-refractivity contribution in [1.29, 1.82) is 0 Å². The van der Waals surface area contributed by atoms with Gasteiger partial charge in [0.15, 0.2) is 0 Å². The van der Waals surface area contributed by atoms with Gasteiger partial charge in [-0.25, -0.2) is 5.10 Å². The Morgan fingerprint density at radius 1 is 1.22 bits per heavy atom. The molecule has 1 N–H and O–H groups in total. The summed E-state index contributed by atoms with van der Waals surface area (Å²) in [5.41, 5.74) is -0.0869. The molecule has 2 aromatic rings. The molecule has 0 aliphatic rings. The molecular formula is C12H9F3N2O. The molecule has 0 bridgehead atoms. The lowest BCUT2D eigenvalue weighted by Crippen LogP contribution is -2.11. The Balaban J connectivity index is 2.51. The molecule has 6 heteroatoms. The molecule has 0 atom stereocenters. The van der Waals surface area contributed by atoms with Crippen LogP contribution in [0.5, 0.6) is 0 Å². The van der Waals surface area contributed by atoms with Crippen LogP contribution in [0.1, 0.15) is 11.1 Å². The van der Waals surface area contributed by atoms with E-state index in [1.807, 2.05) is 0 Å². The Kier molecular flexibility index (Phi) is 2.94. The molecule has 0 radical (unpaired) electrons. The van der Waals surface area contributed by atoms with Crippen molar-refractivity contribution in [1.82, 2.24) is 10.2 Å². The molecule has 0 saturated carbocycles. The molecule has 18 heavy (non-hydrogen) atoms. The molecule has 0 saturated heterocycles. The van der Waals surface area contributed by atoms with Crippen molar-refractivity contribution >= 4 is 0 Å². The van der Waals surface area contributed by atoms with Crippen LogP contribution in [0.25, 0.3) is 11.3 Å². The first-order valence-corrected chi connectivity index (χ1v) is 5.12. The molecule has 0 aliphatic carbocycles. The van der Waals surface area contributed by atoms with Crippen LogP contribution in [0, 0.1) is 6.92 Å². The molecule has 0 aliphatic heterocycles. The van der Waals surface area contributed by atoms with Gasteiger partial charge in [0.2, 0.25) is 0 Å². The summed E-state index contributed by atoms with van der Waals surface area (Å²) < 4.78 is 37.6. The Morgan fingerprint density at radius 2 is 1.94 bits per heavy atom. The molecule has 0 unspecified atom stereocenters. The van der Waals surface area contributed by atoms with Crippen molar-refractivity contribution in [2.24, 2.45) is 0 Å². The van der Waals surface area contributed by atoms with Crippen molar-refractivity contribution in [3.63, 3.8) is 0 Å². The fraction of sp³-hybridized carbons (Fsp3) is 0.167. The Labute approximate surface area is 100 Å². The number of rotatable bonds is 1. The summed E-state index contributed by atoms with van der Waals surface area (Å²) in [5, 5.41) is 5.97. The van der Waals surface area contributed by atoms with E-state index in [1.165, 1.54) is 18.2 Å². The maximum atomic E-state index is 12.5. The monoisotopic (exact) mass is 254 g/mol. The van der Waals surface area contributed by atoms with Crippen LogP contribution in [0.2, 0.25) is 0 Å². The number of nitrogens with one attached hydrogen (secondary N) is 1. The molecule has 0 fully saturated rings. The van der Waals surface area contributed by atoms with Gasteiger partial charge in [-0.2, -0.15) is 18.3 Å². The molecular weight excluding hydrogens is 245 g/mol. The third-order valence-electron chi connectivity index (χ3n) is 2.47. The minimum atomic E-state index is -4.40. The second kappa shape index (κ2) is 4.29. The van der Waals surface area contributed by atoms with Crippen molar-refractivity contribution in [2.75, 3.05) is 0 Å². The van der Waals surface area contributed by atoms with Gasteiger partial charge in [-0.05, 0) is 25.1 Å². The standard InChI is InChI=1S/C12H9F3N2O/c1-7-5-10(16-17-11(7)18)8-3-2-4-9(6-8)12(13,14)15/h2-6H,1H3,(H,17,18). The van der Waals surface area contributed by atoms with Gasteiger partial charge < -0.3 is 0 Å². The first-order valence-electron chi connectivity index (χ1n) is 5.12. The number of aromatic nitrogens is 2. The van der Waals surface area contributed by atoms with E-state index in [0.717, 1.165) is 12.1 Å². The van der Waals surface area contributed by atoms with Crippen molar-refractivity contribution in [3.05, 3.63) is 51.8 Å². The zero-order chi connectivity index (χ0) is 13.3. The number of aromatic amines is 1. The normalized spacial score (nSPS) is 11.6. The van der Waals surface area contributed by atoms with E-state index in [9.17, 15) is 18.0 Å². The highest BCUT2D eigenvalue weighted by Gasteiger charge is 2.30. The molecule has 1 aromatic carbocycles. The molecule has 3 nitrogen and oxygen atoms in total. The second-order valence-corrected chi connectivity index (χ2v) is 3.84. The number of hydrogen-bond acceptors (Lipinski definition) is 2. The molecule has 0 spiro atoms. The molecule has 1 heterocycles. The maximum Gasteiger partial charge on any atom is 0.416 e. The van der Waals surface area contributed by atoms with Crippen LogP contribution in [-0.4, -0.2) is 10.2 Å². The highest BCUT2D eigenvalue weighted by Crippen LogP contribution is 2.31. The van der Waals surface area contributed by atoms with E-state index in [0.29, 0.717) is 16.8 Å². The summed E-state index contributed by atoms with van der Waals surface area (Å²) in [5.74, 6) is 0. The number of alkyl halides is 3. The van der Waals surface area contributed by atoms with Crippen LogP contribution in [0.4, 0.5) is 13.2 Å². The Morgan fingerprint density at radius 3 is 2.56 bits per heavy atom. The second-order valence-electron chi connectivity index (χ2n) is 3.84. The van der Waals surface area contributed by atoms with Gasteiger partial charge in [0, 0.05) is 11.1 Å². The van der Waals surface area contributed by atoms with Gasteiger partial charge in [-0.15, -0.1) is 0 Å². The third-order valence-corrected chi connectivity index (χ3v) is 2.47. The zero-order valence-electron chi connectivity index (χ0n) is 9.38. The Bertz CT molecular complexity index is 632. The third kappa shape index (κ3) is 2.42.